The Hall–Kier alpha value is -3.87. The predicted molar refractivity (Wildman–Crippen MR) is 104 cm³/mol. The Morgan fingerprint density at radius 1 is 0.964 bits per heavy atom. The van der Waals surface area contributed by atoms with Crippen LogP contribution in [-0.4, -0.2) is 22.1 Å². The highest BCUT2D eigenvalue weighted by Crippen LogP contribution is 2.22. The van der Waals surface area contributed by atoms with Crippen LogP contribution in [0.1, 0.15) is 21.5 Å². The molecule has 0 radical (unpaired) electrons. The minimum Gasteiger partial charge on any atom is -0.506 e. The fourth-order valence-electron chi connectivity index (χ4n) is 2.41. The van der Waals surface area contributed by atoms with Crippen molar-refractivity contribution in [3.05, 3.63) is 89.7 Å². The summed E-state index contributed by atoms with van der Waals surface area (Å²) < 4.78 is 5.11. The van der Waals surface area contributed by atoms with Gasteiger partial charge >= 0.3 is 6.09 Å². The van der Waals surface area contributed by atoms with Crippen LogP contribution in [0.25, 0.3) is 0 Å². The molecule has 3 N–H and O–H groups in total. The average molecular weight is 377 g/mol. The van der Waals surface area contributed by atoms with E-state index in [-0.39, 0.29) is 24.8 Å². The number of alkyl carbamates (subject to hydrolysis) is 1. The summed E-state index contributed by atoms with van der Waals surface area (Å²) in [6, 6.07) is 16.9. The van der Waals surface area contributed by atoms with Crippen molar-refractivity contribution in [2.45, 2.75) is 13.2 Å². The van der Waals surface area contributed by atoms with E-state index in [0.29, 0.717) is 11.3 Å². The number of aromatic hydroxyl groups is 1. The first-order chi connectivity index (χ1) is 13.6. The van der Waals surface area contributed by atoms with E-state index in [1.54, 1.807) is 60.9 Å². The molecule has 7 nitrogen and oxygen atoms in total. The van der Waals surface area contributed by atoms with E-state index in [1.807, 2.05) is 6.07 Å². The van der Waals surface area contributed by atoms with Gasteiger partial charge in [-0.15, -0.1) is 0 Å². The first-order valence-electron chi connectivity index (χ1n) is 8.59. The molecule has 142 valence electrons. The maximum atomic E-state index is 12.2. The molecule has 0 saturated carbocycles. The van der Waals surface area contributed by atoms with E-state index in [2.05, 4.69) is 15.6 Å². The molecule has 0 bridgehead atoms. The quantitative estimate of drug-likeness (QED) is 0.571. The van der Waals surface area contributed by atoms with Gasteiger partial charge in [0.1, 0.15) is 12.4 Å². The lowest BCUT2D eigenvalue weighted by Crippen LogP contribution is -2.23. The SMILES string of the molecule is O=C(NCc1ccc(C(=O)Nc2ccccc2O)cc1)OCc1cccnc1. The van der Waals surface area contributed by atoms with Crippen molar-refractivity contribution in [2.75, 3.05) is 5.32 Å². The van der Waals surface area contributed by atoms with Gasteiger partial charge < -0.3 is 20.5 Å². The molecule has 1 aromatic heterocycles. The number of amides is 2. The lowest BCUT2D eigenvalue weighted by molar-refractivity contribution is 0.102. The highest BCUT2D eigenvalue weighted by molar-refractivity contribution is 6.05. The zero-order chi connectivity index (χ0) is 19.8. The Bertz CT molecular complexity index is 943. The fraction of sp³-hybridized carbons (Fsp3) is 0.0952. The first kappa shape index (κ1) is 18.9. The van der Waals surface area contributed by atoms with Crippen LogP contribution in [0.2, 0.25) is 0 Å². The number of aromatic nitrogens is 1. The number of pyridine rings is 1. The van der Waals surface area contributed by atoms with Gasteiger partial charge in [-0.1, -0.05) is 30.3 Å². The zero-order valence-electron chi connectivity index (χ0n) is 15.0. The van der Waals surface area contributed by atoms with Crippen molar-refractivity contribution >= 4 is 17.7 Å². The maximum absolute atomic E-state index is 12.2. The molecule has 0 saturated heterocycles. The van der Waals surface area contributed by atoms with Gasteiger partial charge in [0, 0.05) is 30.1 Å². The van der Waals surface area contributed by atoms with Gasteiger partial charge in [-0.3, -0.25) is 9.78 Å². The monoisotopic (exact) mass is 377 g/mol. The molecule has 3 aromatic rings. The molecular formula is C21H19N3O4. The third kappa shape index (κ3) is 5.31. The molecule has 2 aromatic carbocycles. The lowest BCUT2D eigenvalue weighted by Gasteiger charge is -2.09. The summed E-state index contributed by atoms with van der Waals surface area (Å²) in [7, 11) is 0. The Kier molecular flexibility index (Phi) is 6.20. The number of anilines is 1. The molecular weight excluding hydrogens is 358 g/mol. The third-order valence-corrected chi connectivity index (χ3v) is 3.90. The van der Waals surface area contributed by atoms with Crippen molar-refractivity contribution in [1.29, 1.82) is 0 Å². The van der Waals surface area contributed by atoms with E-state index in [4.69, 9.17) is 4.74 Å². The summed E-state index contributed by atoms with van der Waals surface area (Å²) >= 11 is 0. The van der Waals surface area contributed by atoms with Gasteiger partial charge in [-0.05, 0) is 35.9 Å². The summed E-state index contributed by atoms with van der Waals surface area (Å²) in [5.41, 5.74) is 2.40. The average Bonchev–Trinajstić information content (AvgIpc) is 2.73. The second-order valence-corrected chi connectivity index (χ2v) is 5.96. The summed E-state index contributed by atoms with van der Waals surface area (Å²) in [6.45, 7) is 0.415. The summed E-state index contributed by atoms with van der Waals surface area (Å²) in [6.07, 6.45) is 2.74. The Morgan fingerprint density at radius 3 is 2.46 bits per heavy atom. The largest absolute Gasteiger partial charge is 0.506 e. The van der Waals surface area contributed by atoms with Crippen LogP contribution in [0.4, 0.5) is 10.5 Å². The number of benzene rings is 2. The molecule has 0 atom stereocenters. The van der Waals surface area contributed by atoms with Crippen LogP contribution < -0.4 is 10.6 Å². The number of nitrogens with zero attached hydrogens (tertiary/aromatic N) is 1. The van der Waals surface area contributed by atoms with Gasteiger partial charge in [0.05, 0.1) is 5.69 Å². The molecule has 2 amide bonds. The molecule has 28 heavy (non-hydrogen) atoms. The number of hydrogen-bond acceptors (Lipinski definition) is 5. The molecule has 0 fully saturated rings. The predicted octanol–water partition coefficient (Wildman–Crippen LogP) is 3.47. The molecule has 1 heterocycles. The highest BCUT2D eigenvalue weighted by Gasteiger charge is 2.09. The fourth-order valence-corrected chi connectivity index (χ4v) is 2.41. The number of nitrogens with one attached hydrogen (secondary N) is 2. The molecule has 7 heteroatoms. The van der Waals surface area contributed by atoms with Gasteiger partial charge in [0.15, 0.2) is 0 Å². The topological polar surface area (TPSA) is 101 Å². The van der Waals surface area contributed by atoms with Gasteiger partial charge in [-0.25, -0.2) is 4.79 Å². The van der Waals surface area contributed by atoms with E-state index >= 15 is 0 Å². The van der Waals surface area contributed by atoms with Gasteiger partial charge in [0.25, 0.3) is 5.91 Å². The van der Waals surface area contributed by atoms with Crippen LogP contribution in [0.15, 0.2) is 73.1 Å². The van der Waals surface area contributed by atoms with Crippen LogP contribution >= 0.6 is 0 Å². The number of phenols is 1. The standard InChI is InChI=1S/C21H19N3O4/c25-19-6-2-1-5-18(19)24-20(26)17-9-7-15(8-10-17)13-23-21(27)28-14-16-4-3-11-22-12-16/h1-12,25H,13-14H2,(H,23,27)(H,24,26). The van der Waals surface area contributed by atoms with Crippen molar-refractivity contribution in [3.8, 4) is 5.75 Å². The minimum absolute atomic E-state index is 0.00136. The van der Waals surface area contributed by atoms with Crippen molar-refractivity contribution in [3.63, 3.8) is 0 Å². The zero-order valence-corrected chi connectivity index (χ0v) is 15.0. The number of rotatable bonds is 6. The molecule has 0 spiro atoms. The van der Waals surface area contributed by atoms with E-state index < -0.39 is 6.09 Å². The maximum Gasteiger partial charge on any atom is 0.407 e. The van der Waals surface area contributed by atoms with Crippen LogP contribution in [0.3, 0.4) is 0 Å². The molecule has 0 unspecified atom stereocenters. The second kappa shape index (κ2) is 9.18. The van der Waals surface area contributed by atoms with E-state index in [9.17, 15) is 14.7 Å². The molecule has 0 aliphatic carbocycles. The van der Waals surface area contributed by atoms with Crippen LogP contribution in [0, 0.1) is 0 Å². The van der Waals surface area contributed by atoms with Crippen LogP contribution in [-0.2, 0) is 17.9 Å². The first-order valence-corrected chi connectivity index (χ1v) is 8.59. The second-order valence-electron chi connectivity index (χ2n) is 5.96. The molecule has 0 aliphatic heterocycles. The highest BCUT2D eigenvalue weighted by atomic mass is 16.5. The Labute approximate surface area is 162 Å². The number of para-hydroxylation sites is 2. The normalized spacial score (nSPS) is 10.1. The summed E-state index contributed by atoms with van der Waals surface area (Å²) in [5, 5.41) is 15.0. The number of carbonyl (C=O) groups excluding carboxylic acids is 2. The minimum atomic E-state index is -0.537. The number of carbonyl (C=O) groups is 2. The van der Waals surface area contributed by atoms with Crippen molar-refractivity contribution in [1.82, 2.24) is 10.3 Å². The Morgan fingerprint density at radius 2 is 1.75 bits per heavy atom. The number of hydrogen-bond donors (Lipinski definition) is 3. The van der Waals surface area contributed by atoms with E-state index in [1.165, 1.54) is 6.07 Å². The lowest BCUT2D eigenvalue weighted by atomic mass is 10.1. The number of ether oxygens (including phenoxy) is 1. The van der Waals surface area contributed by atoms with Crippen LogP contribution in [0.5, 0.6) is 5.75 Å². The molecule has 3 rings (SSSR count). The Balaban J connectivity index is 1.48. The van der Waals surface area contributed by atoms with Crippen molar-refractivity contribution < 1.29 is 19.4 Å². The summed E-state index contributed by atoms with van der Waals surface area (Å²) in [5.74, 6) is -0.335. The smallest absolute Gasteiger partial charge is 0.407 e. The summed E-state index contributed by atoms with van der Waals surface area (Å²) in [4.78, 5) is 28.0. The molecule has 0 aliphatic rings. The third-order valence-electron chi connectivity index (χ3n) is 3.90. The van der Waals surface area contributed by atoms with E-state index in [0.717, 1.165) is 11.1 Å². The number of phenolic OH excluding ortho intramolecular Hbond substituents is 1. The van der Waals surface area contributed by atoms with Gasteiger partial charge in [0.2, 0.25) is 0 Å². The van der Waals surface area contributed by atoms with Crippen molar-refractivity contribution in [2.24, 2.45) is 0 Å². The van der Waals surface area contributed by atoms with Gasteiger partial charge in [-0.2, -0.15) is 0 Å².